The van der Waals surface area contributed by atoms with Crippen LogP contribution in [0.4, 0.5) is 0 Å². The molecule has 0 unspecified atom stereocenters. The molecule has 1 aromatic heterocycles. The lowest BCUT2D eigenvalue weighted by Gasteiger charge is -2.35. The number of esters is 1. The van der Waals surface area contributed by atoms with Crippen LogP contribution >= 0.6 is 0 Å². The number of fused-ring (bicyclic) bond motifs is 1. The normalized spacial score (nSPS) is 19.6. The summed E-state index contributed by atoms with van der Waals surface area (Å²) in [5, 5.41) is 5.01. The average Bonchev–Trinajstić information content (AvgIpc) is 2.67. The van der Waals surface area contributed by atoms with Crippen LogP contribution in [0.25, 0.3) is 10.8 Å². The van der Waals surface area contributed by atoms with Crippen molar-refractivity contribution >= 4 is 22.6 Å². The molecular weight excluding hydrogens is 362 g/mol. The number of aryl methyl sites for hydroxylation is 1. The topological polar surface area (TPSA) is 90.7 Å². The minimum absolute atomic E-state index is 0.0418. The summed E-state index contributed by atoms with van der Waals surface area (Å²) in [6.45, 7) is 6.66. The Balaban J connectivity index is 1.79. The molecule has 2 heterocycles. The molecular formula is C20H25N3O5. The molecule has 150 valence electrons. The molecule has 28 heavy (non-hydrogen) atoms. The molecule has 2 aromatic rings. The molecule has 3 rings (SSSR count). The molecule has 1 aliphatic heterocycles. The van der Waals surface area contributed by atoms with E-state index in [4.69, 9.17) is 9.47 Å². The van der Waals surface area contributed by atoms with Crippen molar-refractivity contribution in [2.75, 3.05) is 19.7 Å². The van der Waals surface area contributed by atoms with E-state index in [-0.39, 0.29) is 36.0 Å². The van der Waals surface area contributed by atoms with Crippen LogP contribution in [-0.4, -0.2) is 58.5 Å². The van der Waals surface area contributed by atoms with Crippen molar-refractivity contribution in [3.8, 4) is 0 Å². The quantitative estimate of drug-likeness (QED) is 0.724. The number of carbonyl (C=O) groups excluding carboxylic acids is 2. The molecule has 1 aliphatic rings. The lowest BCUT2D eigenvalue weighted by Crippen LogP contribution is -2.49. The molecule has 0 radical (unpaired) electrons. The molecule has 0 saturated carbocycles. The predicted molar refractivity (Wildman–Crippen MR) is 103 cm³/mol. The zero-order valence-electron chi connectivity index (χ0n) is 16.4. The molecule has 0 N–H and O–H groups in total. The van der Waals surface area contributed by atoms with E-state index in [1.807, 2.05) is 20.8 Å². The predicted octanol–water partition coefficient (Wildman–Crippen LogP) is 1.60. The van der Waals surface area contributed by atoms with Crippen LogP contribution in [-0.2, 0) is 20.8 Å². The van der Waals surface area contributed by atoms with Crippen molar-refractivity contribution in [1.29, 1.82) is 0 Å². The van der Waals surface area contributed by atoms with Crippen molar-refractivity contribution < 1.29 is 19.1 Å². The Morgan fingerprint density at radius 2 is 1.82 bits per heavy atom. The van der Waals surface area contributed by atoms with Crippen molar-refractivity contribution in [1.82, 2.24) is 14.7 Å². The summed E-state index contributed by atoms with van der Waals surface area (Å²) >= 11 is 0. The van der Waals surface area contributed by atoms with Gasteiger partial charge in [-0.15, -0.1) is 0 Å². The summed E-state index contributed by atoms with van der Waals surface area (Å²) in [6, 6.07) is 6.78. The summed E-state index contributed by atoms with van der Waals surface area (Å²) in [6.07, 6.45) is 0.573. The average molecular weight is 387 g/mol. The Kier molecular flexibility index (Phi) is 6.08. The molecule has 1 amide bonds. The van der Waals surface area contributed by atoms with E-state index >= 15 is 0 Å². The molecule has 0 spiro atoms. The summed E-state index contributed by atoms with van der Waals surface area (Å²) in [4.78, 5) is 39.2. The molecule has 2 atom stereocenters. The highest BCUT2D eigenvalue weighted by atomic mass is 16.5. The number of nitrogens with zero attached hydrogens (tertiary/aromatic N) is 3. The highest BCUT2D eigenvalue weighted by molar-refractivity contribution is 6.02. The minimum atomic E-state index is -0.719. The van der Waals surface area contributed by atoms with Gasteiger partial charge in [0.2, 0.25) is 0 Å². The fourth-order valence-corrected chi connectivity index (χ4v) is 3.42. The van der Waals surface area contributed by atoms with Crippen LogP contribution in [0, 0.1) is 0 Å². The van der Waals surface area contributed by atoms with E-state index in [1.165, 1.54) is 4.68 Å². The van der Waals surface area contributed by atoms with E-state index in [9.17, 15) is 14.4 Å². The smallest absolute Gasteiger partial charge is 0.359 e. The van der Waals surface area contributed by atoms with Crippen LogP contribution in [0.5, 0.6) is 0 Å². The highest BCUT2D eigenvalue weighted by Crippen LogP contribution is 2.15. The SMILES string of the molecule is CCCn1nc(C(=O)OCC(=O)N2C[C@@H](C)O[C@@H](C)C2)c2ccccc2c1=O. The molecule has 0 bridgehead atoms. The van der Waals surface area contributed by atoms with Crippen molar-refractivity contribution in [2.45, 2.75) is 45.9 Å². The van der Waals surface area contributed by atoms with Gasteiger partial charge in [0.15, 0.2) is 12.3 Å². The van der Waals surface area contributed by atoms with Gasteiger partial charge in [-0.05, 0) is 26.3 Å². The number of amides is 1. The second-order valence-corrected chi connectivity index (χ2v) is 7.05. The number of rotatable bonds is 5. The van der Waals surface area contributed by atoms with Gasteiger partial charge in [-0.3, -0.25) is 9.59 Å². The van der Waals surface area contributed by atoms with E-state index in [0.717, 1.165) is 0 Å². The zero-order valence-corrected chi connectivity index (χ0v) is 16.4. The van der Waals surface area contributed by atoms with Crippen LogP contribution in [0.2, 0.25) is 0 Å². The lowest BCUT2D eigenvalue weighted by atomic mass is 10.1. The monoisotopic (exact) mass is 387 g/mol. The largest absolute Gasteiger partial charge is 0.451 e. The molecule has 1 saturated heterocycles. The van der Waals surface area contributed by atoms with E-state index in [0.29, 0.717) is 36.8 Å². The van der Waals surface area contributed by atoms with Gasteiger partial charge < -0.3 is 14.4 Å². The fraction of sp³-hybridized carbons (Fsp3) is 0.500. The number of hydrogen-bond acceptors (Lipinski definition) is 6. The number of hydrogen-bond donors (Lipinski definition) is 0. The Labute approximate surface area is 163 Å². The third-order valence-corrected chi connectivity index (χ3v) is 4.60. The third-order valence-electron chi connectivity index (χ3n) is 4.60. The standard InChI is InChI=1S/C20H25N3O5/c1-4-9-23-19(25)16-8-6-5-7-15(16)18(21-23)20(26)27-12-17(24)22-10-13(2)28-14(3)11-22/h5-8,13-14H,4,9-12H2,1-3H3/t13-,14+. The molecule has 0 aliphatic carbocycles. The first-order chi connectivity index (χ1) is 13.4. The summed E-state index contributed by atoms with van der Waals surface area (Å²) in [7, 11) is 0. The minimum Gasteiger partial charge on any atom is -0.451 e. The number of morpholine rings is 1. The molecule has 1 fully saturated rings. The van der Waals surface area contributed by atoms with Gasteiger partial charge in [0.1, 0.15) is 0 Å². The van der Waals surface area contributed by atoms with Gasteiger partial charge in [0, 0.05) is 25.0 Å². The second kappa shape index (κ2) is 8.52. The summed E-state index contributed by atoms with van der Waals surface area (Å²) in [5.74, 6) is -0.995. The summed E-state index contributed by atoms with van der Waals surface area (Å²) in [5.41, 5.74) is -0.207. The van der Waals surface area contributed by atoms with Crippen LogP contribution in [0.3, 0.4) is 0 Å². The molecule has 8 nitrogen and oxygen atoms in total. The first-order valence-corrected chi connectivity index (χ1v) is 9.51. The highest BCUT2D eigenvalue weighted by Gasteiger charge is 2.27. The van der Waals surface area contributed by atoms with Crippen molar-refractivity contribution in [2.24, 2.45) is 0 Å². The Bertz CT molecular complexity index is 929. The number of benzene rings is 1. The number of ether oxygens (including phenoxy) is 2. The van der Waals surface area contributed by atoms with Crippen LogP contribution in [0.1, 0.15) is 37.7 Å². The van der Waals surface area contributed by atoms with E-state index in [2.05, 4.69) is 5.10 Å². The fourth-order valence-electron chi connectivity index (χ4n) is 3.42. The number of aromatic nitrogens is 2. The maximum atomic E-state index is 12.6. The van der Waals surface area contributed by atoms with Crippen molar-refractivity contribution in [3.05, 3.63) is 40.3 Å². The van der Waals surface area contributed by atoms with Gasteiger partial charge in [-0.25, -0.2) is 9.48 Å². The Morgan fingerprint density at radius 3 is 2.46 bits per heavy atom. The van der Waals surface area contributed by atoms with E-state index < -0.39 is 5.97 Å². The van der Waals surface area contributed by atoms with Gasteiger partial charge in [0.05, 0.1) is 17.6 Å². The number of carbonyl (C=O) groups is 2. The maximum Gasteiger partial charge on any atom is 0.359 e. The van der Waals surface area contributed by atoms with Gasteiger partial charge in [-0.1, -0.05) is 25.1 Å². The maximum absolute atomic E-state index is 12.6. The summed E-state index contributed by atoms with van der Waals surface area (Å²) < 4.78 is 12.1. The molecule has 1 aromatic carbocycles. The first-order valence-electron chi connectivity index (χ1n) is 9.51. The second-order valence-electron chi connectivity index (χ2n) is 7.05. The zero-order chi connectivity index (χ0) is 20.3. The Hall–Kier alpha value is -2.74. The van der Waals surface area contributed by atoms with Crippen LogP contribution < -0.4 is 5.56 Å². The van der Waals surface area contributed by atoms with E-state index in [1.54, 1.807) is 29.2 Å². The van der Waals surface area contributed by atoms with Gasteiger partial charge in [0.25, 0.3) is 11.5 Å². The Morgan fingerprint density at radius 1 is 1.18 bits per heavy atom. The van der Waals surface area contributed by atoms with Gasteiger partial charge in [-0.2, -0.15) is 5.10 Å². The first kappa shape index (κ1) is 20.0. The third kappa shape index (κ3) is 4.22. The van der Waals surface area contributed by atoms with Crippen molar-refractivity contribution in [3.63, 3.8) is 0 Å². The van der Waals surface area contributed by atoms with Crippen LogP contribution in [0.15, 0.2) is 29.1 Å². The van der Waals surface area contributed by atoms with Gasteiger partial charge >= 0.3 is 5.97 Å². The molecule has 8 heteroatoms. The lowest BCUT2D eigenvalue weighted by molar-refractivity contribution is -0.146.